The third kappa shape index (κ3) is 4.66. The van der Waals surface area contributed by atoms with E-state index < -0.39 is 11.9 Å². The van der Waals surface area contributed by atoms with Gasteiger partial charge in [-0.2, -0.15) is 5.10 Å². The number of nitrogens with one attached hydrogen (secondary N) is 2. The number of rotatable bonds is 8. The Hall–Kier alpha value is -4.46. The second-order valence-corrected chi connectivity index (χ2v) is 7.84. The number of primary amides is 1. The number of hydrogen-bond donors (Lipinski definition) is 4. The molecule has 1 heterocycles. The van der Waals surface area contributed by atoms with Crippen LogP contribution in [0.1, 0.15) is 45.7 Å². The van der Waals surface area contributed by atoms with Crippen LogP contribution in [0.15, 0.2) is 79.0 Å². The minimum absolute atomic E-state index is 0.0129. The molecule has 34 heavy (non-hydrogen) atoms. The van der Waals surface area contributed by atoms with Gasteiger partial charge in [-0.25, -0.2) is 9.07 Å². The molecule has 0 fully saturated rings. The van der Waals surface area contributed by atoms with E-state index in [-0.39, 0.29) is 11.7 Å². The molecule has 1 unspecified atom stereocenters. The summed E-state index contributed by atoms with van der Waals surface area (Å²) in [5, 5.41) is 15.8. The van der Waals surface area contributed by atoms with E-state index in [1.165, 1.54) is 6.07 Å². The number of hydrogen-bond acceptors (Lipinski definition) is 4. The van der Waals surface area contributed by atoms with Crippen LogP contribution < -0.4 is 16.8 Å². The van der Waals surface area contributed by atoms with Crippen LogP contribution in [-0.2, 0) is 6.42 Å². The Morgan fingerprint density at radius 1 is 1.09 bits per heavy atom. The number of carbonyl (C=O) groups is 1. The Balaban J connectivity index is 1.76. The van der Waals surface area contributed by atoms with Gasteiger partial charge in [-0.05, 0) is 66.1 Å². The Kier molecular flexibility index (Phi) is 6.40. The fraction of sp³-hybridized carbons (Fsp3) is 0.115. The van der Waals surface area contributed by atoms with Gasteiger partial charge in [0.25, 0.3) is 5.91 Å². The zero-order chi connectivity index (χ0) is 24.2. The molecule has 0 saturated carbocycles. The van der Waals surface area contributed by atoms with Crippen molar-refractivity contribution in [1.29, 1.82) is 5.41 Å². The number of aromatic nitrogens is 2. The maximum Gasteiger partial charge on any atom is 0.250 e. The lowest BCUT2D eigenvalue weighted by molar-refractivity contribution is 0.1000. The van der Waals surface area contributed by atoms with Crippen molar-refractivity contribution in [3.63, 3.8) is 0 Å². The number of benzene rings is 3. The Labute approximate surface area is 196 Å². The molecule has 7 nitrogen and oxygen atoms in total. The van der Waals surface area contributed by atoms with Crippen LogP contribution in [0.4, 0.5) is 10.1 Å². The topological polar surface area (TPSA) is 123 Å². The number of para-hydroxylation sites is 1. The molecular weight excluding hydrogens is 431 g/mol. The average Bonchev–Trinajstić information content (AvgIpc) is 3.33. The highest BCUT2D eigenvalue weighted by Crippen LogP contribution is 2.28. The molecule has 0 aliphatic rings. The summed E-state index contributed by atoms with van der Waals surface area (Å²) in [6.45, 7) is 1.90. The molecule has 0 spiro atoms. The number of halogens is 1. The quantitative estimate of drug-likeness (QED) is 0.235. The van der Waals surface area contributed by atoms with E-state index in [1.54, 1.807) is 47.3 Å². The summed E-state index contributed by atoms with van der Waals surface area (Å²) in [5.74, 6) is -0.809. The van der Waals surface area contributed by atoms with Gasteiger partial charge in [0.1, 0.15) is 11.7 Å². The lowest BCUT2D eigenvalue weighted by Crippen LogP contribution is -2.16. The molecule has 1 amide bonds. The molecule has 4 aromatic rings. The number of nitrogens with two attached hydrogens (primary N) is 2. The summed E-state index contributed by atoms with van der Waals surface area (Å²) >= 11 is 0. The second-order valence-electron chi connectivity index (χ2n) is 7.84. The number of carbonyl (C=O) groups excluding carboxylic acids is 1. The first-order valence-electron chi connectivity index (χ1n) is 10.8. The van der Waals surface area contributed by atoms with Gasteiger partial charge in [-0.1, -0.05) is 31.2 Å². The molecule has 1 aromatic heterocycles. The predicted molar refractivity (Wildman–Crippen MR) is 131 cm³/mol. The van der Waals surface area contributed by atoms with Crippen molar-refractivity contribution in [2.24, 2.45) is 11.5 Å². The summed E-state index contributed by atoms with van der Waals surface area (Å²) in [6, 6.07) is 20.6. The highest BCUT2D eigenvalue weighted by Gasteiger charge is 2.20. The summed E-state index contributed by atoms with van der Waals surface area (Å²) in [4.78, 5) is 11.9. The van der Waals surface area contributed by atoms with Crippen LogP contribution in [-0.4, -0.2) is 21.5 Å². The van der Waals surface area contributed by atoms with E-state index in [0.717, 1.165) is 11.3 Å². The molecular formula is C26H25FN6O. The molecule has 172 valence electrons. The zero-order valence-electron chi connectivity index (χ0n) is 18.6. The zero-order valence-corrected chi connectivity index (χ0v) is 18.6. The number of anilines is 1. The number of aryl methyl sites for hydroxylation is 1. The number of amides is 1. The largest absolute Gasteiger partial charge is 0.384 e. The van der Waals surface area contributed by atoms with E-state index in [4.69, 9.17) is 22.0 Å². The van der Waals surface area contributed by atoms with Gasteiger partial charge >= 0.3 is 0 Å². The first-order chi connectivity index (χ1) is 16.4. The van der Waals surface area contributed by atoms with E-state index in [2.05, 4.69) is 5.32 Å². The summed E-state index contributed by atoms with van der Waals surface area (Å²) in [6.07, 6.45) is 2.31. The highest BCUT2D eigenvalue weighted by molar-refractivity contribution is 5.96. The molecule has 0 aliphatic carbocycles. The van der Waals surface area contributed by atoms with Crippen molar-refractivity contribution in [3.8, 4) is 5.69 Å². The summed E-state index contributed by atoms with van der Waals surface area (Å²) in [5.41, 5.74) is 15.5. The number of nitrogens with zero attached hydrogens (tertiary/aromatic N) is 2. The average molecular weight is 457 g/mol. The molecule has 8 heteroatoms. The monoisotopic (exact) mass is 456 g/mol. The first-order valence-corrected chi connectivity index (χ1v) is 10.8. The van der Waals surface area contributed by atoms with Gasteiger partial charge in [-0.15, -0.1) is 0 Å². The van der Waals surface area contributed by atoms with Crippen molar-refractivity contribution in [1.82, 2.24) is 9.78 Å². The lowest BCUT2D eigenvalue weighted by Gasteiger charge is -2.20. The Morgan fingerprint density at radius 2 is 1.82 bits per heavy atom. The van der Waals surface area contributed by atoms with Gasteiger partial charge < -0.3 is 16.8 Å². The van der Waals surface area contributed by atoms with E-state index in [1.807, 2.05) is 37.3 Å². The third-order valence-corrected chi connectivity index (χ3v) is 5.61. The van der Waals surface area contributed by atoms with Crippen LogP contribution >= 0.6 is 0 Å². The Bertz CT molecular complexity index is 1350. The van der Waals surface area contributed by atoms with Crippen LogP contribution in [0, 0.1) is 11.2 Å². The molecule has 1 atom stereocenters. The molecule has 0 aliphatic heterocycles. The summed E-state index contributed by atoms with van der Waals surface area (Å²) < 4.78 is 15.8. The SMILES string of the molecule is CCc1cc(C(Nc2ccc(C(=N)N)cc2)c2ccn(-c3ccccc3C(N)=O)n2)ccc1F. The van der Waals surface area contributed by atoms with Crippen molar-refractivity contribution in [2.75, 3.05) is 5.32 Å². The van der Waals surface area contributed by atoms with Gasteiger partial charge in [0.05, 0.1) is 23.0 Å². The van der Waals surface area contributed by atoms with Crippen molar-refractivity contribution >= 4 is 17.4 Å². The van der Waals surface area contributed by atoms with Crippen LogP contribution in [0.25, 0.3) is 5.69 Å². The first kappa shape index (κ1) is 22.7. The maximum atomic E-state index is 14.2. The minimum Gasteiger partial charge on any atom is -0.384 e. The van der Waals surface area contributed by atoms with E-state index in [9.17, 15) is 9.18 Å². The molecule has 0 saturated heterocycles. The van der Waals surface area contributed by atoms with E-state index >= 15 is 0 Å². The van der Waals surface area contributed by atoms with E-state index in [0.29, 0.717) is 34.5 Å². The predicted octanol–water partition coefficient (Wildman–Crippen LogP) is 4.16. The molecule has 0 radical (unpaired) electrons. The second kappa shape index (κ2) is 9.58. The lowest BCUT2D eigenvalue weighted by atomic mass is 9.99. The molecule has 3 aromatic carbocycles. The van der Waals surface area contributed by atoms with Gasteiger partial charge in [0.15, 0.2) is 0 Å². The van der Waals surface area contributed by atoms with Crippen molar-refractivity contribution in [2.45, 2.75) is 19.4 Å². The standard InChI is InChI=1S/C26H25FN6O/c1-2-16-15-18(9-12-21(16)27)24(31-19-10-7-17(8-11-19)25(28)29)22-13-14-33(32-22)23-6-4-3-5-20(23)26(30)34/h3-15,24,31H,2H2,1H3,(H3,28,29)(H2,30,34). The van der Waals surface area contributed by atoms with Crippen LogP contribution in [0.2, 0.25) is 0 Å². The minimum atomic E-state index is -0.543. The van der Waals surface area contributed by atoms with Crippen molar-refractivity contribution in [3.05, 3.63) is 113 Å². The molecule has 6 N–H and O–H groups in total. The maximum absolute atomic E-state index is 14.2. The Morgan fingerprint density at radius 3 is 2.50 bits per heavy atom. The van der Waals surface area contributed by atoms with Gasteiger partial charge in [0.2, 0.25) is 0 Å². The normalized spacial score (nSPS) is 11.7. The number of amidine groups is 1. The van der Waals surface area contributed by atoms with Gasteiger partial charge in [0, 0.05) is 17.4 Å². The fourth-order valence-corrected chi connectivity index (χ4v) is 3.79. The fourth-order valence-electron chi connectivity index (χ4n) is 3.79. The van der Waals surface area contributed by atoms with Crippen molar-refractivity contribution < 1.29 is 9.18 Å². The van der Waals surface area contributed by atoms with Crippen LogP contribution in [0.5, 0.6) is 0 Å². The molecule has 4 rings (SSSR count). The third-order valence-electron chi connectivity index (χ3n) is 5.61. The van der Waals surface area contributed by atoms with Gasteiger partial charge in [-0.3, -0.25) is 10.2 Å². The summed E-state index contributed by atoms with van der Waals surface area (Å²) in [7, 11) is 0. The highest BCUT2D eigenvalue weighted by atomic mass is 19.1. The molecule has 0 bridgehead atoms. The van der Waals surface area contributed by atoms with Crippen LogP contribution in [0.3, 0.4) is 0 Å². The smallest absolute Gasteiger partial charge is 0.250 e. The number of nitrogen functional groups attached to an aromatic ring is 1.